The molecule has 0 saturated heterocycles. The summed E-state index contributed by atoms with van der Waals surface area (Å²) in [7, 11) is 0. The summed E-state index contributed by atoms with van der Waals surface area (Å²) in [5.41, 5.74) is 1.12. The second kappa shape index (κ2) is 6.55. The molecule has 0 aliphatic carbocycles. The van der Waals surface area contributed by atoms with Crippen molar-refractivity contribution >= 4 is 6.29 Å². The average Bonchev–Trinajstić information content (AvgIpc) is 2.77. The highest BCUT2D eigenvalue weighted by molar-refractivity contribution is 5.58. The highest BCUT2D eigenvalue weighted by Gasteiger charge is 2.23. The molecule has 1 aromatic heterocycles. The number of carbonyl (C=O) groups is 1. The second-order valence-corrected chi connectivity index (χ2v) is 5.42. The maximum absolute atomic E-state index is 10.9. The molecule has 18 heavy (non-hydrogen) atoms. The molecule has 0 bridgehead atoms. The zero-order valence-corrected chi connectivity index (χ0v) is 11.7. The van der Waals surface area contributed by atoms with Crippen molar-refractivity contribution in [3.63, 3.8) is 0 Å². The first-order valence-electron chi connectivity index (χ1n) is 6.42. The Morgan fingerprint density at radius 2 is 2.11 bits per heavy atom. The summed E-state index contributed by atoms with van der Waals surface area (Å²) in [6, 6.07) is 4.24. The van der Waals surface area contributed by atoms with Gasteiger partial charge in [-0.15, -0.1) is 6.58 Å². The van der Waals surface area contributed by atoms with Crippen molar-refractivity contribution in [2.45, 2.75) is 33.9 Å². The summed E-state index contributed by atoms with van der Waals surface area (Å²) in [5.74, 6) is 0. The van der Waals surface area contributed by atoms with E-state index in [1.165, 1.54) is 5.69 Å². The fourth-order valence-corrected chi connectivity index (χ4v) is 2.12. The van der Waals surface area contributed by atoms with E-state index in [9.17, 15) is 4.79 Å². The Kier molecular flexibility index (Phi) is 5.35. The Hall–Kier alpha value is -1.35. The van der Waals surface area contributed by atoms with Crippen LogP contribution in [0.1, 0.15) is 26.5 Å². The maximum atomic E-state index is 10.9. The molecule has 0 amide bonds. The Bertz CT molecular complexity index is 393. The van der Waals surface area contributed by atoms with Gasteiger partial charge in [0.2, 0.25) is 0 Å². The number of allylic oxidation sites excluding steroid dienone is 1. The van der Waals surface area contributed by atoms with Gasteiger partial charge in [-0.25, -0.2) is 0 Å². The summed E-state index contributed by atoms with van der Waals surface area (Å²) in [6.07, 6.45) is 4.93. The molecule has 1 aromatic rings. The van der Waals surface area contributed by atoms with Crippen molar-refractivity contribution in [3.8, 4) is 0 Å². The third kappa shape index (κ3) is 4.15. The van der Waals surface area contributed by atoms with E-state index in [1.807, 2.05) is 20.8 Å². The van der Waals surface area contributed by atoms with E-state index in [-0.39, 0.29) is 5.41 Å². The van der Waals surface area contributed by atoms with Crippen LogP contribution in [-0.2, 0) is 17.9 Å². The summed E-state index contributed by atoms with van der Waals surface area (Å²) < 4.78 is 2.28. The molecule has 0 aromatic carbocycles. The van der Waals surface area contributed by atoms with Crippen molar-refractivity contribution in [2.75, 3.05) is 13.1 Å². The van der Waals surface area contributed by atoms with Gasteiger partial charge in [0.25, 0.3) is 0 Å². The maximum Gasteiger partial charge on any atom is 0.126 e. The minimum atomic E-state index is -0.227. The molecule has 0 unspecified atom stereocenters. The molecule has 2 rings (SSSR count). The second-order valence-electron chi connectivity index (χ2n) is 5.42. The van der Waals surface area contributed by atoms with E-state index in [0.717, 1.165) is 32.5 Å². The molecule has 2 heterocycles. The molecular formula is C15H24N2O. The number of rotatable bonds is 3. The largest absolute Gasteiger partial charge is 0.349 e. The van der Waals surface area contributed by atoms with Crippen molar-refractivity contribution in [1.29, 1.82) is 0 Å². The lowest BCUT2D eigenvalue weighted by Gasteiger charge is -2.32. The molecule has 3 nitrogen and oxygen atoms in total. The standard InChI is InChI=1S/C12H18N2O.C3H6/c1-12(2,10-15)9-13-6-7-14-5-3-4-11(14)8-13;1-3-2/h3-5,10H,6-9H2,1-2H3;3H,1H2,2H3. The van der Waals surface area contributed by atoms with Crippen molar-refractivity contribution in [1.82, 2.24) is 9.47 Å². The minimum Gasteiger partial charge on any atom is -0.349 e. The van der Waals surface area contributed by atoms with Crippen molar-refractivity contribution in [3.05, 3.63) is 36.7 Å². The predicted molar refractivity (Wildman–Crippen MR) is 75.4 cm³/mol. The van der Waals surface area contributed by atoms with Crippen LogP contribution in [0.3, 0.4) is 0 Å². The van der Waals surface area contributed by atoms with E-state index in [2.05, 4.69) is 34.4 Å². The highest BCUT2D eigenvalue weighted by Crippen LogP contribution is 2.18. The SMILES string of the molecule is C=CC.CC(C)(C=O)CN1CCn2cccc2C1. The van der Waals surface area contributed by atoms with E-state index in [4.69, 9.17) is 0 Å². The highest BCUT2D eigenvalue weighted by atomic mass is 16.1. The van der Waals surface area contributed by atoms with Crippen LogP contribution >= 0.6 is 0 Å². The molecule has 0 spiro atoms. The van der Waals surface area contributed by atoms with Crippen LogP contribution in [0.25, 0.3) is 0 Å². The van der Waals surface area contributed by atoms with E-state index < -0.39 is 0 Å². The number of carbonyl (C=O) groups excluding carboxylic acids is 1. The number of hydrogen-bond acceptors (Lipinski definition) is 2. The first-order chi connectivity index (χ1) is 8.52. The Morgan fingerprint density at radius 3 is 2.72 bits per heavy atom. The van der Waals surface area contributed by atoms with Gasteiger partial charge in [0.1, 0.15) is 6.29 Å². The summed E-state index contributed by atoms with van der Waals surface area (Å²) in [5, 5.41) is 0. The summed E-state index contributed by atoms with van der Waals surface area (Å²) in [6.45, 7) is 13.1. The van der Waals surface area contributed by atoms with Crippen molar-refractivity contribution in [2.24, 2.45) is 5.41 Å². The smallest absolute Gasteiger partial charge is 0.126 e. The van der Waals surface area contributed by atoms with Gasteiger partial charge in [-0.2, -0.15) is 0 Å². The number of fused-ring (bicyclic) bond motifs is 1. The third-order valence-electron chi connectivity index (χ3n) is 2.92. The van der Waals surface area contributed by atoms with Gasteiger partial charge in [0.15, 0.2) is 0 Å². The molecule has 0 N–H and O–H groups in total. The van der Waals surface area contributed by atoms with Gasteiger partial charge >= 0.3 is 0 Å². The fourth-order valence-electron chi connectivity index (χ4n) is 2.12. The fraction of sp³-hybridized carbons (Fsp3) is 0.533. The van der Waals surface area contributed by atoms with Crippen LogP contribution in [0.2, 0.25) is 0 Å². The lowest BCUT2D eigenvalue weighted by atomic mass is 9.95. The third-order valence-corrected chi connectivity index (χ3v) is 2.92. The molecule has 0 saturated carbocycles. The zero-order valence-electron chi connectivity index (χ0n) is 11.7. The number of hydrogen-bond donors (Lipinski definition) is 0. The predicted octanol–water partition coefficient (Wildman–Crippen LogP) is 2.72. The summed E-state index contributed by atoms with van der Waals surface area (Å²) >= 11 is 0. The van der Waals surface area contributed by atoms with E-state index >= 15 is 0 Å². The van der Waals surface area contributed by atoms with Gasteiger partial charge in [0, 0.05) is 43.5 Å². The van der Waals surface area contributed by atoms with Gasteiger partial charge in [0.05, 0.1) is 0 Å². The quantitative estimate of drug-likeness (QED) is 0.607. The molecule has 1 aliphatic rings. The lowest BCUT2D eigenvalue weighted by molar-refractivity contribution is -0.115. The molecular weight excluding hydrogens is 224 g/mol. The van der Waals surface area contributed by atoms with Crippen LogP contribution in [0, 0.1) is 5.41 Å². The van der Waals surface area contributed by atoms with Gasteiger partial charge < -0.3 is 9.36 Å². The molecule has 3 heteroatoms. The molecule has 0 fully saturated rings. The Balaban J connectivity index is 0.000000492. The monoisotopic (exact) mass is 248 g/mol. The van der Waals surface area contributed by atoms with Crippen LogP contribution in [0.5, 0.6) is 0 Å². The first kappa shape index (κ1) is 14.7. The van der Waals surface area contributed by atoms with Gasteiger partial charge in [-0.05, 0) is 19.1 Å². The lowest BCUT2D eigenvalue weighted by Crippen LogP contribution is -2.40. The van der Waals surface area contributed by atoms with Gasteiger partial charge in [-0.3, -0.25) is 4.90 Å². The summed E-state index contributed by atoms with van der Waals surface area (Å²) in [4.78, 5) is 13.2. The normalized spacial score (nSPS) is 15.3. The number of aromatic nitrogens is 1. The molecule has 100 valence electrons. The Labute approximate surface area is 110 Å². The topological polar surface area (TPSA) is 25.2 Å². The van der Waals surface area contributed by atoms with E-state index in [1.54, 1.807) is 6.08 Å². The van der Waals surface area contributed by atoms with Crippen LogP contribution < -0.4 is 0 Å². The average molecular weight is 248 g/mol. The van der Waals surface area contributed by atoms with Crippen LogP contribution in [0.4, 0.5) is 0 Å². The molecule has 0 radical (unpaired) electrons. The molecule has 0 atom stereocenters. The van der Waals surface area contributed by atoms with Crippen LogP contribution in [-0.4, -0.2) is 28.8 Å². The molecule has 1 aliphatic heterocycles. The number of aldehydes is 1. The minimum absolute atomic E-state index is 0.227. The van der Waals surface area contributed by atoms with E-state index in [0.29, 0.717) is 0 Å². The first-order valence-corrected chi connectivity index (χ1v) is 6.42. The Morgan fingerprint density at radius 1 is 1.44 bits per heavy atom. The van der Waals surface area contributed by atoms with Crippen LogP contribution in [0.15, 0.2) is 31.0 Å². The van der Waals surface area contributed by atoms with Crippen molar-refractivity contribution < 1.29 is 4.79 Å². The zero-order chi connectivity index (χ0) is 13.6. The number of nitrogens with zero attached hydrogens (tertiary/aromatic N) is 2. The van der Waals surface area contributed by atoms with Gasteiger partial charge in [-0.1, -0.05) is 19.9 Å².